The monoisotopic (exact) mass is 1950 g/mol. The number of nitrogens with one attached hydrogen (secondary N) is 6. The first-order chi connectivity index (χ1) is 60.8. The van der Waals surface area contributed by atoms with Gasteiger partial charge in [-0.05, 0) is 139 Å². The Bertz CT molecular complexity index is 3560. The number of thiol groups is 1. The fraction of sp³-hybridized carbons (Fsp3) is 0.886. The molecule has 6 aliphatic rings. The van der Waals surface area contributed by atoms with E-state index in [1.54, 1.807) is 14.7 Å². The van der Waals surface area contributed by atoms with Crippen molar-refractivity contribution in [3.05, 3.63) is 0 Å². The zero-order valence-electron chi connectivity index (χ0n) is 73.9. The number of unbranched alkanes of at least 4 members (excludes halogenated alkanes) is 9. The van der Waals surface area contributed by atoms with E-state index in [0.29, 0.717) is 129 Å². The maximum atomic E-state index is 14.5. The zero-order valence-corrected chi connectivity index (χ0v) is 79.1. The lowest BCUT2D eigenvalue weighted by Gasteiger charge is -2.43. The standard InChI is InChI=1S/C79H142N9O34P3S3/c1-53(93)83-65-71(105)68(102)56(44-89)120-74(65)112-41-17-11-20-59(96)80-32-14-5-8-23-62(99)86-35-26-77(47-92,27-36-86)48-116-124(109,127)117-51-79(30-39-88(40-31-79)64(101)25-10-7-16-34-82-61(98)22-13-19-43-114-76-67(85-55(3)95)73(107)70(104)58(46-91)122-76)52-119-125(110,128)118-50-78(49-115-123(108,126)111-4)28-37-87(38-29-78)63(100)24-9-6-15-33-81-60(97)21-12-18-42-113-75-66(84-54(2)94)72(106)69(103)57(45-90)121-75/h56-58,65-76,89-92,102-107H,5-52H2,1-4H3,(H,80,96)(H,81,97)(H,82,98)(H,83,93)(H,84,94)(H,85,95)(H,108,126)(H,109,127)(H,110,128)/t56-,57-,58-,65-,66-,67-,68+,69+,70+,71-,72-,73-,74-,75-,76-,123?,124?,125?/m1/s1. The molecule has 43 nitrogen and oxygen atoms in total. The number of likely N-dealkylation sites (tertiary alicyclic amines) is 3. The van der Waals surface area contributed by atoms with Crippen molar-refractivity contribution in [1.82, 2.24) is 46.6 Å². The van der Waals surface area contributed by atoms with E-state index >= 15 is 0 Å². The lowest BCUT2D eigenvalue weighted by molar-refractivity contribution is -0.270. The Morgan fingerprint density at radius 3 is 0.930 bits per heavy atom. The molecule has 128 heavy (non-hydrogen) atoms. The maximum Gasteiger partial charge on any atom is 0.386 e. The molecule has 0 aromatic heterocycles. The second kappa shape index (κ2) is 57.3. The molecule has 740 valence electrons. The third-order valence-electron chi connectivity index (χ3n) is 23.9. The van der Waals surface area contributed by atoms with Crippen molar-refractivity contribution in [2.24, 2.45) is 16.2 Å². The quantitative estimate of drug-likeness (QED) is 0.0206. The third kappa shape index (κ3) is 39.1. The van der Waals surface area contributed by atoms with Crippen molar-refractivity contribution < 1.29 is 164 Å². The van der Waals surface area contributed by atoms with Crippen LogP contribution in [0.3, 0.4) is 0 Å². The molecule has 6 saturated heterocycles. The summed E-state index contributed by atoms with van der Waals surface area (Å²) in [7, 11) is 1.20. The van der Waals surface area contributed by atoms with Crippen molar-refractivity contribution in [1.29, 1.82) is 0 Å². The topological polar surface area (TPSA) is 606 Å². The average molecular weight is 1950 g/mol. The molecular weight excluding hydrogens is 1810 g/mol. The first-order valence-electron chi connectivity index (χ1n) is 44.3. The Kier molecular flexibility index (Phi) is 50.5. The van der Waals surface area contributed by atoms with Crippen LogP contribution in [0.4, 0.5) is 0 Å². The van der Waals surface area contributed by atoms with Crippen LogP contribution < -0.4 is 31.9 Å². The third-order valence-corrected chi connectivity index (χ3v) is 28.8. The molecule has 0 spiro atoms. The van der Waals surface area contributed by atoms with Crippen molar-refractivity contribution in [3.63, 3.8) is 0 Å². The predicted molar refractivity (Wildman–Crippen MR) is 468 cm³/mol. The SMILES string of the molecule is COP(O)(=S)OCC1(COP(=O)(S)OCC2(COP(O)(=S)OCC3(CO)CCN(C(=O)CCCCCNC(=O)CCCCO[C@@H]4O[C@H](CO)[C@H](O)[C@H](O)[C@H]4NC(C)=O)CC3)CCN(C(=O)CCCCCNC(=O)CCCCO[C@@H]3O[C@H](CO)[C@H](O)[C@H](O)[C@H]3NC(C)=O)CC2)CCN(C(=O)CCCCCNC(=O)CCCCO[C@@H]2O[C@H](CO)[C@H](O)[C@H](O)[C@H]2NC(C)=O)CC1. The Hall–Kier alpha value is -3.85. The Morgan fingerprint density at radius 1 is 0.391 bits per heavy atom. The summed E-state index contributed by atoms with van der Waals surface area (Å²) in [6.45, 7) is -9.22. The molecule has 18 N–H and O–H groups in total. The van der Waals surface area contributed by atoms with Gasteiger partial charge in [0.15, 0.2) is 18.9 Å². The minimum Gasteiger partial charge on any atom is -0.396 e. The smallest absolute Gasteiger partial charge is 0.386 e. The summed E-state index contributed by atoms with van der Waals surface area (Å²) in [6.07, 6.45) is -4.91. The number of aliphatic hydroxyl groups is 10. The second-order valence-electron chi connectivity index (χ2n) is 34.0. The van der Waals surface area contributed by atoms with Crippen molar-refractivity contribution >= 4 is 109 Å². The van der Waals surface area contributed by atoms with Crippen LogP contribution in [0.1, 0.15) is 194 Å². The molecule has 0 aliphatic carbocycles. The van der Waals surface area contributed by atoms with Gasteiger partial charge in [0.1, 0.15) is 73.1 Å². The second-order valence-corrected chi connectivity index (χ2v) is 42.7. The number of hydrogen-bond donors (Lipinski definition) is 19. The van der Waals surface area contributed by atoms with Gasteiger partial charge in [0.05, 0.1) is 59.5 Å². The number of rotatable bonds is 59. The van der Waals surface area contributed by atoms with Gasteiger partial charge in [0.25, 0.3) is 0 Å². The van der Waals surface area contributed by atoms with E-state index in [2.05, 4.69) is 44.1 Å². The minimum atomic E-state index is -4.34. The molecule has 0 saturated carbocycles. The van der Waals surface area contributed by atoms with Crippen LogP contribution in [-0.4, -0.2) is 366 Å². The van der Waals surface area contributed by atoms with Gasteiger partial charge in [-0.1, -0.05) is 31.5 Å². The highest BCUT2D eigenvalue weighted by Crippen LogP contribution is 2.58. The van der Waals surface area contributed by atoms with Gasteiger partial charge in [-0.2, -0.15) is 0 Å². The first-order valence-corrected chi connectivity index (χ1v) is 52.2. The molecule has 9 amide bonds. The molecule has 3 unspecified atom stereocenters. The molecule has 6 heterocycles. The number of amides is 9. The van der Waals surface area contributed by atoms with Crippen LogP contribution in [-0.2, 0) is 127 Å². The summed E-state index contributed by atoms with van der Waals surface area (Å²) in [5.41, 5.74) is -2.99. The molecular formula is C79H142N9O34P3S3. The van der Waals surface area contributed by atoms with E-state index in [4.69, 9.17) is 79.2 Å². The van der Waals surface area contributed by atoms with Crippen molar-refractivity contribution in [3.8, 4) is 0 Å². The Balaban J connectivity index is 0.952. The average Bonchev–Trinajstić information content (AvgIpc) is 0.820. The van der Waals surface area contributed by atoms with Crippen LogP contribution in [0.2, 0.25) is 0 Å². The van der Waals surface area contributed by atoms with E-state index in [0.717, 1.165) is 0 Å². The number of aliphatic hydroxyl groups excluding tert-OH is 10. The van der Waals surface area contributed by atoms with Crippen LogP contribution in [0.5, 0.6) is 0 Å². The number of nitrogens with zero attached hydrogens (tertiary/aromatic N) is 3. The van der Waals surface area contributed by atoms with E-state index in [-0.39, 0.29) is 198 Å². The predicted octanol–water partition coefficient (Wildman–Crippen LogP) is -0.572. The first kappa shape index (κ1) is 113. The summed E-state index contributed by atoms with van der Waals surface area (Å²) in [6, 6.07) is -3.24. The van der Waals surface area contributed by atoms with Crippen LogP contribution in [0.25, 0.3) is 0 Å². The number of hydrogen-bond acceptors (Lipinski definition) is 34. The lowest BCUT2D eigenvalue weighted by Crippen LogP contribution is -2.64. The van der Waals surface area contributed by atoms with Crippen LogP contribution in [0.15, 0.2) is 0 Å². The highest BCUT2D eigenvalue weighted by atomic mass is 32.7. The fourth-order valence-corrected chi connectivity index (χ4v) is 18.9. The molecule has 0 aromatic carbocycles. The van der Waals surface area contributed by atoms with Crippen molar-refractivity contribution in [2.45, 2.75) is 286 Å². The van der Waals surface area contributed by atoms with Gasteiger partial charge in [-0.25, -0.2) is 4.57 Å². The molecule has 6 aliphatic heterocycles. The number of carbonyl (C=O) groups is 9. The molecule has 0 radical (unpaired) electrons. The van der Waals surface area contributed by atoms with E-state index in [1.807, 2.05) is 0 Å². The van der Waals surface area contributed by atoms with Gasteiger partial charge in [0.2, 0.25) is 53.2 Å². The van der Waals surface area contributed by atoms with E-state index in [9.17, 15) is 109 Å². The fourth-order valence-electron chi connectivity index (χ4n) is 15.7. The molecule has 6 rings (SSSR count). The largest absolute Gasteiger partial charge is 0.396 e. The van der Waals surface area contributed by atoms with Gasteiger partial charge >= 0.3 is 20.2 Å². The minimum absolute atomic E-state index is 0.0858. The Labute approximate surface area is 763 Å². The van der Waals surface area contributed by atoms with Gasteiger partial charge < -0.3 is 163 Å². The number of carbonyl (C=O) groups excluding carboxylic acids is 9. The van der Waals surface area contributed by atoms with E-state index in [1.165, 1.54) is 27.9 Å². The van der Waals surface area contributed by atoms with Gasteiger partial charge in [-0.3, -0.25) is 43.2 Å². The molecule has 0 aromatic rings. The highest BCUT2D eigenvalue weighted by Gasteiger charge is 2.50. The summed E-state index contributed by atoms with van der Waals surface area (Å²) in [4.78, 5) is 142. The van der Waals surface area contributed by atoms with Gasteiger partial charge in [0, 0.05) is 161 Å². The molecule has 49 heteroatoms. The summed E-state index contributed by atoms with van der Waals surface area (Å²) in [5, 5.41) is 118. The zero-order chi connectivity index (χ0) is 94.3. The van der Waals surface area contributed by atoms with Gasteiger partial charge in [-0.15, -0.1) is 0 Å². The molecule has 0 bridgehead atoms. The van der Waals surface area contributed by atoms with Crippen LogP contribution in [0, 0.1) is 16.2 Å². The lowest BCUT2D eigenvalue weighted by atomic mass is 9.80. The molecule has 18 atom stereocenters. The number of ether oxygens (including phenoxy) is 6. The van der Waals surface area contributed by atoms with E-state index < -0.39 is 166 Å². The summed E-state index contributed by atoms with van der Waals surface area (Å²) >= 11 is 15.2. The normalized spacial score (nSPS) is 27.3. The maximum absolute atomic E-state index is 14.5. The molecule has 6 fully saturated rings. The van der Waals surface area contributed by atoms with Crippen LogP contribution >= 0.6 is 32.5 Å². The highest BCUT2D eigenvalue weighted by molar-refractivity contribution is 8.44. The number of piperidine rings is 3. The van der Waals surface area contributed by atoms with Crippen molar-refractivity contribution in [2.75, 3.05) is 145 Å². The Morgan fingerprint density at radius 2 is 0.656 bits per heavy atom. The summed E-state index contributed by atoms with van der Waals surface area (Å²) in [5.74, 6) is -2.37. The summed E-state index contributed by atoms with van der Waals surface area (Å²) < 4.78 is 83.5.